The molecule has 1 saturated carbocycles. The normalized spacial score (nSPS) is 23.8. The minimum Gasteiger partial charge on any atom is -0.379 e. The molecule has 1 aromatic rings. The molecule has 3 aliphatic rings. The summed E-state index contributed by atoms with van der Waals surface area (Å²) in [6.45, 7) is 6.88. The van der Waals surface area contributed by atoms with Crippen molar-refractivity contribution < 1.29 is 9.53 Å². The van der Waals surface area contributed by atoms with Gasteiger partial charge in [-0.05, 0) is 62.3 Å². The fourth-order valence-corrected chi connectivity index (χ4v) is 5.68. The topological polar surface area (TPSA) is 32.8 Å². The third-order valence-corrected chi connectivity index (χ3v) is 7.59. The number of carbonyl (C=O) groups excluding carboxylic acids is 1. The standard InChI is InChI=1S/C24H35ClN2O2/c25-22-6-4-5-21(19-22)24(10-2-1-3-11-24)23(28)27-13-8-20(9-14-27)7-12-26-15-17-29-18-16-26/h4-6,19-20H,1-3,7-18H2. The number of halogens is 1. The number of likely N-dealkylation sites (tertiary alicyclic amines) is 1. The molecule has 0 unspecified atom stereocenters. The van der Waals surface area contributed by atoms with E-state index in [1.165, 1.54) is 19.4 Å². The molecule has 0 atom stereocenters. The summed E-state index contributed by atoms with van der Waals surface area (Å²) in [5.74, 6) is 1.10. The molecule has 1 aromatic carbocycles. The van der Waals surface area contributed by atoms with E-state index in [1.54, 1.807) is 0 Å². The van der Waals surface area contributed by atoms with Gasteiger partial charge in [0.25, 0.3) is 0 Å². The van der Waals surface area contributed by atoms with Gasteiger partial charge in [-0.3, -0.25) is 9.69 Å². The number of hydrogen-bond acceptors (Lipinski definition) is 3. The Morgan fingerprint density at radius 3 is 2.48 bits per heavy atom. The number of benzene rings is 1. The molecule has 29 heavy (non-hydrogen) atoms. The summed E-state index contributed by atoms with van der Waals surface area (Å²) in [7, 11) is 0. The number of carbonyl (C=O) groups is 1. The summed E-state index contributed by atoms with van der Waals surface area (Å²) in [5.41, 5.74) is 0.771. The minimum atomic E-state index is -0.357. The Morgan fingerprint density at radius 2 is 1.79 bits per heavy atom. The highest BCUT2D eigenvalue weighted by molar-refractivity contribution is 6.30. The molecule has 160 valence electrons. The van der Waals surface area contributed by atoms with Crippen LogP contribution in [0.1, 0.15) is 56.9 Å². The van der Waals surface area contributed by atoms with Gasteiger partial charge in [-0.2, -0.15) is 0 Å². The monoisotopic (exact) mass is 418 g/mol. The van der Waals surface area contributed by atoms with Crippen LogP contribution < -0.4 is 0 Å². The third kappa shape index (κ3) is 4.98. The molecule has 0 bridgehead atoms. The van der Waals surface area contributed by atoms with Crippen LogP contribution in [0.5, 0.6) is 0 Å². The Labute approximate surface area is 180 Å². The molecular weight excluding hydrogens is 384 g/mol. The maximum atomic E-state index is 13.8. The summed E-state index contributed by atoms with van der Waals surface area (Å²) in [5, 5.41) is 0.738. The van der Waals surface area contributed by atoms with E-state index in [2.05, 4.69) is 15.9 Å². The van der Waals surface area contributed by atoms with Crippen LogP contribution in [0.25, 0.3) is 0 Å². The average molecular weight is 419 g/mol. The number of rotatable bonds is 5. The first-order chi connectivity index (χ1) is 14.2. The molecule has 2 saturated heterocycles. The molecule has 4 nitrogen and oxygen atoms in total. The first kappa shape index (κ1) is 21.1. The zero-order valence-corrected chi connectivity index (χ0v) is 18.3. The van der Waals surface area contributed by atoms with Gasteiger partial charge >= 0.3 is 0 Å². The zero-order chi connectivity index (χ0) is 20.1. The molecule has 2 aliphatic heterocycles. The van der Waals surface area contributed by atoms with Crippen LogP contribution in [0.3, 0.4) is 0 Å². The summed E-state index contributed by atoms with van der Waals surface area (Å²) < 4.78 is 5.45. The van der Waals surface area contributed by atoms with Crippen LogP contribution in [-0.2, 0) is 14.9 Å². The van der Waals surface area contributed by atoms with Gasteiger partial charge < -0.3 is 9.64 Å². The highest BCUT2D eigenvalue weighted by Gasteiger charge is 2.44. The van der Waals surface area contributed by atoms with Crippen molar-refractivity contribution >= 4 is 17.5 Å². The molecule has 0 aromatic heterocycles. The quantitative estimate of drug-likeness (QED) is 0.705. The maximum absolute atomic E-state index is 13.8. The zero-order valence-electron chi connectivity index (χ0n) is 17.6. The van der Waals surface area contributed by atoms with E-state index in [1.807, 2.05) is 18.2 Å². The van der Waals surface area contributed by atoms with Crippen molar-refractivity contribution in [3.63, 3.8) is 0 Å². The number of ether oxygens (including phenoxy) is 1. The fourth-order valence-electron chi connectivity index (χ4n) is 5.48. The predicted molar refractivity (Wildman–Crippen MR) is 117 cm³/mol. The van der Waals surface area contributed by atoms with E-state index in [9.17, 15) is 4.79 Å². The Balaban J connectivity index is 1.36. The van der Waals surface area contributed by atoms with Crippen LogP contribution in [0, 0.1) is 5.92 Å². The van der Waals surface area contributed by atoms with E-state index >= 15 is 0 Å². The van der Waals surface area contributed by atoms with E-state index in [4.69, 9.17) is 16.3 Å². The largest absolute Gasteiger partial charge is 0.379 e. The van der Waals surface area contributed by atoms with Crippen molar-refractivity contribution in [3.8, 4) is 0 Å². The molecule has 5 heteroatoms. The maximum Gasteiger partial charge on any atom is 0.233 e. The summed E-state index contributed by atoms with van der Waals surface area (Å²) in [6, 6.07) is 8.05. The van der Waals surface area contributed by atoms with Crippen molar-refractivity contribution in [2.24, 2.45) is 5.92 Å². The SMILES string of the molecule is O=C(N1CCC(CCN2CCOCC2)CC1)C1(c2cccc(Cl)c2)CCCCC1. The number of piperidine rings is 1. The van der Waals surface area contributed by atoms with Crippen LogP contribution in [0.2, 0.25) is 5.02 Å². The molecule has 0 radical (unpaired) electrons. The van der Waals surface area contributed by atoms with Crippen molar-refractivity contribution in [2.45, 2.75) is 56.8 Å². The second-order valence-electron chi connectivity index (χ2n) is 9.13. The van der Waals surface area contributed by atoms with Crippen molar-refractivity contribution in [3.05, 3.63) is 34.9 Å². The molecule has 2 heterocycles. The summed E-state index contributed by atoms with van der Waals surface area (Å²) >= 11 is 6.30. The lowest BCUT2D eigenvalue weighted by molar-refractivity contribution is -0.140. The van der Waals surface area contributed by atoms with Gasteiger partial charge in [-0.25, -0.2) is 0 Å². The van der Waals surface area contributed by atoms with Crippen molar-refractivity contribution in [2.75, 3.05) is 45.9 Å². The Morgan fingerprint density at radius 1 is 1.07 bits per heavy atom. The van der Waals surface area contributed by atoms with Crippen LogP contribution >= 0.6 is 11.6 Å². The van der Waals surface area contributed by atoms with Gasteiger partial charge in [-0.15, -0.1) is 0 Å². The Bertz CT molecular complexity index is 675. The molecule has 1 aliphatic carbocycles. The number of hydrogen-bond donors (Lipinski definition) is 0. The molecule has 4 rings (SSSR count). The molecule has 1 amide bonds. The number of morpholine rings is 1. The summed E-state index contributed by atoms with van der Waals surface area (Å²) in [4.78, 5) is 18.4. The average Bonchev–Trinajstić information content (AvgIpc) is 2.79. The van der Waals surface area contributed by atoms with Gasteiger partial charge in [0.1, 0.15) is 0 Å². The van der Waals surface area contributed by atoms with Crippen molar-refractivity contribution in [1.29, 1.82) is 0 Å². The molecule has 3 fully saturated rings. The fraction of sp³-hybridized carbons (Fsp3) is 0.708. The number of amides is 1. The van der Waals surface area contributed by atoms with E-state index in [0.29, 0.717) is 5.91 Å². The van der Waals surface area contributed by atoms with E-state index in [-0.39, 0.29) is 5.41 Å². The second kappa shape index (κ2) is 9.80. The smallest absolute Gasteiger partial charge is 0.233 e. The lowest BCUT2D eigenvalue weighted by Crippen LogP contribution is -2.50. The van der Waals surface area contributed by atoms with E-state index in [0.717, 1.165) is 94.4 Å². The summed E-state index contributed by atoms with van der Waals surface area (Å²) in [6.07, 6.45) is 8.96. The number of nitrogens with zero attached hydrogens (tertiary/aromatic N) is 2. The van der Waals surface area contributed by atoms with Crippen molar-refractivity contribution in [1.82, 2.24) is 9.80 Å². The molecular formula is C24H35ClN2O2. The Hall–Kier alpha value is -1.10. The first-order valence-electron chi connectivity index (χ1n) is 11.5. The van der Waals surface area contributed by atoms with Gasteiger partial charge in [0.15, 0.2) is 0 Å². The molecule has 0 spiro atoms. The second-order valence-corrected chi connectivity index (χ2v) is 9.57. The minimum absolute atomic E-state index is 0.353. The first-order valence-corrected chi connectivity index (χ1v) is 11.9. The predicted octanol–water partition coefficient (Wildman–Crippen LogP) is 4.50. The lowest BCUT2D eigenvalue weighted by atomic mass is 9.68. The van der Waals surface area contributed by atoms with Crippen LogP contribution in [0.4, 0.5) is 0 Å². The van der Waals surface area contributed by atoms with E-state index < -0.39 is 0 Å². The van der Waals surface area contributed by atoms with Gasteiger partial charge in [0, 0.05) is 31.2 Å². The van der Waals surface area contributed by atoms with Gasteiger partial charge in [-0.1, -0.05) is 43.0 Å². The molecule has 0 N–H and O–H groups in total. The Kier molecular flexibility index (Phi) is 7.15. The third-order valence-electron chi connectivity index (χ3n) is 7.35. The highest BCUT2D eigenvalue weighted by Crippen LogP contribution is 2.42. The van der Waals surface area contributed by atoms with Crippen LogP contribution in [-0.4, -0.2) is 61.6 Å². The lowest BCUT2D eigenvalue weighted by Gasteiger charge is -2.43. The highest BCUT2D eigenvalue weighted by atomic mass is 35.5. The van der Waals surface area contributed by atoms with Gasteiger partial charge in [0.2, 0.25) is 5.91 Å². The van der Waals surface area contributed by atoms with Gasteiger partial charge in [0.05, 0.1) is 18.6 Å². The van der Waals surface area contributed by atoms with Crippen LogP contribution in [0.15, 0.2) is 24.3 Å².